The van der Waals surface area contributed by atoms with Gasteiger partial charge in [0.1, 0.15) is 0 Å². The van der Waals surface area contributed by atoms with E-state index in [0.717, 1.165) is 16.8 Å². The third-order valence-electron chi connectivity index (χ3n) is 2.02. The highest BCUT2D eigenvalue weighted by atomic mass is 32.1. The molecule has 0 heterocycles. The van der Waals surface area contributed by atoms with E-state index in [1.807, 2.05) is 32.0 Å². The minimum absolute atomic E-state index is 0.336. The van der Waals surface area contributed by atoms with E-state index >= 15 is 0 Å². The molecule has 7 heteroatoms. The summed E-state index contributed by atoms with van der Waals surface area (Å²) in [4.78, 5) is 0. The normalized spacial score (nSPS) is 9.65. The number of hydrogen-bond donors (Lipinski definition) is 4. The van der Waals surface area contributed by atoms with Crippen molar-refractivity contribution in [2.75, 3.05) is 5.12 Å². The van der Waals surface area contributed by atoms with E-state index in [2.05, 4.69) is 36.1 Å². The Bertz CT molecular complexity index is 431. The number of hydrogen-bond acceptors (Lipinski definition) is 3. The van der Waals surface area contributed by atoms with Crippen LogP contribution in [-0.4, -0.2) is 8.64 Å². The Morgan fingerprint density at radius 2 is 1.65 bits per heavy atom. The van der Waals surface area contributed by atoms with E-state index < -0.39 is 0 Å². The highest BCUT2D eigenvalue weighted by Gasteiger charge is 2.10. The van der Waals surface area contributed by atoms with Gasteiger partial charge in [-0.05, 0) is 31.0 Å². The van der Waals surface area contributed by atoms with E-state index in [4.69, 9.17) is 24.4 Å². The molecule has 0 radical (unpaired) electrons. The number of aryl methyl sites for hydroxylation is 2. The molecule has 1 aromatic carbocycles. The van der Waals surface area contributed by atoms with Gasteiger partial charge >= 0.3 is 0 Å². The summed E-state index contributed by atoms with van der Waals surface area (Å²) < 4.78 is 0.672. The van der Waals surface area contributed by atoms with Crippen LogP contribution in [0.3, 0.4) is 0 Å². The molecule has 0 aromatic heterocycles. The van der Waals surface area contributed by atoms with Crippen molar-refractivity contribution in [2.45, 2.75) is 13.8 Å². The van der Waals surface area contributed by atoms with Crippen molar-refractivity contribution in [2.24, 2.45) is 0 Å². The Labute approximate surface area is 123 Å². The standard InChI is InChI=1S/C10H13N3S4/c1-6-3-4-7(2)8(5-6)13(11-9(14)15)12-10(16)17/h3-5H,1-2H3,(H2,11,14,15)(H2,12,16,17). The zero-order valence-corrected chi connectivity index (χ0v) is 12.8. The Balaban J connectivity index is 3.06. The number of hydrazine groups is 2. The first-order valence-corrected chi connectivity index (χ1v) is 6.48. The molecule has 0 aliphatic carbocycles. The smallest absolute Gasteiger partial charge is 0.150 e. The molecule has 17 heavy (non-hydrogen) atoms. The Kier molecular flexibility index (Phi) is 5.51. The van der Waals surface area contributed by atoms with Gasteiger partial charge in [0.2, 0.25) is 0 Å². The van der Waals surface area contributed by atoms with E-state index in [0.29, 0.717) is 8.64 Å². The largest absolute Gasteiger partial charge is 0.264 e. The Hall–Kier alpha value is -0.500. The molecule has 0 spiro atoms. The maximum Gasteiger partial charge on any atom is 0.150 e. The summed E-state index contributed by atoms with van der Waals surface area (Å²) in [5.74, 6) is 0. The van der Waals surface area contributed by atoms with E-state index in [1.54, 1.807) is 5.12 Å². The SMILES string of the molecule is Cc1ccc(C)c(N(NC(=S)S)NC(=S)S)c1. The maximum atomic E-state index is 4.90. The van der Waals surface area contributed by atoms with E-state index in [9.17, 15) is 0 Å². The van der Waals surface area contributed by atoms with Gasteiger partial charge in [-0.1, -0.05) is 36.6 Å². The fraction of sp³-hybridized carbons (Fsp3) is 0.200. The number of anilines is 1. The first kappa shape index (κ1) is 14.6. The zero-order valence-electron chi connectivity index (χ0n) is 9.39. The second-order valence-electron chi connectivity index (χ2n) is 3.46. The van der Waals surface area contributed by atoms with Crippen molar-refractivity contribution in [3.05, 3.63) is 29.3 Å². The third-order valence-corrected chi connectivity index (χ3v) is 2.40. The summed E-state index contributed by atoms with van der Waals surface area (Å²) in [7, 11) is 0. The maximum absolute atomic E-state index is 4.90. The first-order valence-electron chi connectivity index (χ1n) is 4.76. The summed E-state index contributed by atoms with van der Waals surface area (Å²) in [6.07, 6.45) is 0. The molecule has 1 aromatic rings. The summed E-state index contributed by atoms with van der Waals surface area (Å²) in [6, 6.07) is 6.06. The van der Waals surface area contributed by atoms with Gasteiger partial charge in [0.15, 0.2) is 8.64 Å². The molecule has 0 fully saturated rings. The van der Waals surface area contributed by atoms with Gasteiger partial charge in [0, 0.05) is 0 Å². The van der Waals surface area contributed by atoms with Crippen molar-refractivity contribution in [1.82, 2.24) is 10.9 Å². The zero-order chi connectivity index (χ0) is 13.0. The average Bonchev–Trinajstić information content (AvgIpc) is 2.19. The lowest BCUT2D eigenvalue weighted by Crippen LogP contribution is -2.50. The number of thiocarbonyl (C=S) groups is 2. The van der Waals surface area contributed by atoms with Crippen molar-refractivity contribution in [3.63, 3.8) is 0 Å². The number of nitrogens with one attached hydrogen (secondary N) is 2. The van der Waals surface area contributed by atoms with Crippen LogP contribution in [0.15, 0.2) is 18.2 Å². The second-order valence-corrected chi connectivity index (χ2v) is 5.78. The number of thiol groups is 2. The van der Waals surface area contributed by atoms with Gasteiger partial charge in [0.25, 0.3) is 0 Å². The molecule has 0 amide bonds. The molecule has 2 N–H and O–H groups in total. The van der Waals surface area contributed by atoms with Crippen molar-refractivity contribution >= 4 is 64.0 Å². The van der Waals surface area contributed by atoms with Gasteiger partial charge in [-0.2, -0.15) is 5.12 Å². The predicted molar refractivity (Wildman–Crippen MR) is 87.8 cm³/mol. The van der Waals surface area contributed by atoms with Crippen LogP contribution in [0.25, 0.3) is 0 Å². The van der Waals surface area contributed by atoms with Gasteiger partial charge in [0.05, 0.1) is 5.69 Å². The van der Waals surface area contributed by atoms with Crippen LogP contribution in [0.4, 0.5) is 5.69 Å². The van der Waals surface area contributed by atoms with Crippen molar-refractivity contribution in [3.8, 4) is 0 Å². The summed E-state index contributed by atoms with van der Waals surface area (Å²) >= 11 is 17.9. The molecular formula is C10H13N3S4. The molecule has 0 atom stereocenters. The lowest BCUT2D eigenvalue weighted by atomic mass is 10.1. The summed E-state index contributed by atoms with van der Waals surface area (Å²) in [5.41, 5.74) is 8.88. The van der Waals surface area contributed by atoms with Crippen LogP contribution in [0.1, 0.15) is 11.1 Å². The van der Waals surface area contributed by atoms with Gasteiger partial charge in [-0.15, -0.1) is 25.3 Å². The summed E-state index contributed by atoms with van der Waals surface area (Å²) in [6.45, 7) is 4.01. The van der Waals surface area contributed by atoms with Crippen LogP contribution >= 0.6 is 49.7 Å². The Morgan fingerprint density at radius 3 is 2.12 bits per heavy atom. The van der Waals surface area contributed by atoms with Crippen LogP contribution < -0.4 is 16.0 Å². The quantitative estimate of drug-likeness (QED) is 0.391. The molecule has 0 aliphatic rings. The van der Waals surface area contributed by atoms with Crippen molar-refractivity contribution in [1.29, 1.82) is 0 Å². The van der Waals surface area contributed by atoms with E-state index in [1.165, 1.54) is 0 Å². The molecule has 0 bridgehead atoms. The van der Waals surface area contributed by atoms with Gasteiger partial charge in [-0.25, -0.2) is 0 Å². The highest BCUT2D eigenvalue weighted by molar-refractivity contribution is 8.11. The minimum atomic E-state index is 0.336. The third kappa shape index (κ3) is 4.71. The molecule has 92 valence electrons. The van der Waals surface area contributed by atoms with Crippen LogP contribution in [-0.2, 0) is 0 Å². The molecule has 3 nitrogen and oxygen atoms in total. The average molecular weight is 304 g/mol. The topological polar surface area (TPSA) is 27.3 Å². The number of nitrogens with zero attached hydrogens (tertiary/aromatic N) is 1. The molecule has 0 aliphatic heterocycles. The fourth-order valence-corrected chi connectivity index (χ4v) is 1.68. The fourth-order valence-electron chi connectivity index (χ4n) is 1.30. The number of benzene rings is 1. The lowest BCUT2D eigenvalue weighted by molar-refractivity contribution is 0.748. The molecule has 0 saturated carbocycles. The molecular weight excluding hydrogens is 290 g/mol. The second kappa shape index (κ2) is 6.44. The lowest BCUT2D eigenvalue weighted by Gasteiger charge is -2.27. The Morgan fingerprint density at radius 1 is 1.12 bits per heavy atom. The van der Waals surface area contributed by atoms with Crippen LogP contribution in [0.5, 0.6) is 0 Å². The van der Waals surface area contributed by atoms with Gasteiger partial charge < -0.3 is 0 Å². The molecule has 1 rings (SSSR count). The highest BCUT2D eigenvalue weighted by Crippen LogP contribution is 2.19. The monoisotopic (exact) mass is 303 g/mol. The molecule has 0 unspecified atom stereocenters. The van der Waals surface area contributed by atoms with Crippen molar-refractivity contribution < 1.29 is 0 Å². The van der Waals surface area contributed by atoms with Crippen LogP contribution in [0.2, 0.25) is 0 Å². The van der Waals surface area contributed by atoms with Crippen LogP contribution in [0, 0.1) is 13.8 Å². The first-order chi connectivity index (χ1) is 7.90. The predicted octanol–water partition coefficient (Wildman–Crippen LogP) is 2.55. The van der Waals surface area contributed by atoms with E-state index in [-0.39, 0.29) is 0 Å². The number of rotatable bonds is 3. The molecule has 0 saturated heterocycles. The van der Waals surface area contributed by atoms with Gasteiger partial charge in [-0.3, -0.25) is 10.9 Å². The summed E-state index contributed by atoms with van der Waals surface area (Å²) in [5, 5.41) is 1.60. The minimum Gasteiger partial charge on any atom is -0.264 e.